The molecule has 0 aromatic rings. The Bertz CT molecular complexity index is 194. The van der Waals surface area contributed by atoms with Crippen molar-refractivity contribution in [2.24, 2.45) is 5.92 Å². The summed E-state index contributed by atoms with van der Waals surface area (Å²) in [6.45, 7) is 4.62. The summed E-state index contributed by atoms with van der Waals surface area (Å²) in [7, 11) is 0. The molecule has 0 heterocycles. The zero-order chi connectivity index (χ0) is 13.5. The number of unbranched alkanes of at least 4 members (excludes halogenated alkanes) is 9. The van der Waals surface area contributed by atoms with Gasteiger partial charge in [0, 0.05) is 0 Å². The van der Waals surface area contributed by atoms with E-state index in [0.29, 0.717) is 0 Å². The molecule has 0 saturated heterocycles. The summed E-state index contributed by atoms with van der Waals surface area (Å²) in [5.41, 5.74) is 0. The van der Waals surface area contributed by atoms with Crippen LogP contribution in [0.5, 0.6) is 0 Å². The van der Waals surface area contributed by atoms with Crippen LogP contribution in [0.2, 0.25) is 0 Å². The highest BCUT2D eigenvalue weighted by Gasteiger charge is 1.95. The van der Waals surface area contributed by atoms with Gasteiger partial charge in [-0.15, -0.1) is 0 Å². The molecule has 0 atom stereocenters. The molecule has 0 N–H and O–H groups in total. The fourth-order valence-corrected chi connectivity index (χ4v) is 2.20. The van der Waals surface area contributed by atoms with E-state index in [2.05, 4.69) is 13.8 Å². The van der Waals surface area contributed by atoms with E-state index in [9.17, 15) is 4.79 Å². The lowest BCUT2D eigenvalue weighted by atomic mass is 10.0. The summed E-state index contributed by atoms with van der Waals surface area (Å²) in [6.07, 6.45) is 19.3. The fraction of sp³-hybridized carbons (Fsp3) is 0.824. The quantitative estimate of drug-likeness (QED) is 0.234. The molecule has 0 fully saturated rings. The monoisotopic (exact) mass is 252 g/mol. The summed E-state index contributed by atoms with van der Waals surface area (Å²) < 4.78 is 0. The van der Waals surface area contributed by atoms with Crippen LogP contribution in [0.15, 0.2) is 12.2 Å². The Kier molecular flexibility index (Phi) is 14.0. The second-order valence-electron chi connectivity index (χ2n) is 5.72. The molecule has 0 amide bonds. The minimum Gasteiger partial charge on any atom is -0.299 e. The maximum absolute atomic E-state index is 10.0. The minimum absolute atomic E-state index is 0.860. The highest BCUT2D eigenvalue weighted by molar-refractivity contribution is 5.64. The molecule has 0 radical (unpaired) electrons. The smallest absolute Gasteiger partial charge is 0.142 e. The van der Waals surface area contributed by atoms with Crippen molar-refractivity contribution in [3.05, 3.63) is 12.2 Å². The van der Waals surface area contributed by atoms with Gasteiger partial charge in [0.2, 0.25) is 0 Å². The van der Waals surface area contributed by atoms with E-state index in [1.807, 2.05) is 6.08 Å². The second kappa shape index (κ2) is 14.5. The Labute approximate surface area is 114 Å². The van der Waals surface area contributed by atoms with Crippen molar-refractivity contribution >= 4 is 6.29 Å². The highest BCUT2D eigenvalue weighted by atomic mass is 16.1. The summed E-state index contributed by atoms with van der Waals surface area (Å²) in [5.74, 6) is 0.873. The van der Waals surface area contributed by atoms with E-state index in [1.54, 1.807) is 6.08 Å². The summed E-state index contributed by atoms with van der Waals surface area (Å²) in [6, 6.07) is 0. The molecule has 18 heavy (non-hydrogen) atoms. The van der Waals surface area contributed by atoms with E-state index in [-0.39, 0.29) is 0 Å². The lowest BCUT2D eigenvalue weighted by Gasteiger charge is -2.04. The van der Waals surface area contributed by atoms with E-state index < -0.39 is 0 Å². The lowest BCUT2D eigenvalue weighted by molar-refractivity contribution is -0.104. The van der Waals surface area contributed by atoms with Gasteiger partial charge in [-0.2, -0.15) is 0 Å². The number of carbonyl (C=O) groups is 1. The van der Waals surface area contributed by atoms with Gasteiger partial charge < -0.3 is 0 Å². The van der Waals surface area contributed by atoms with E-state index in [0.717, 1.165) is 18.6 Å². The van der Waals surface area contributed by atoms with Gasteiger partial charge in [0.1, 0.15) is 6.29 Å². The molecule has 0 aliphatic carbocycles. The molecular formula is C17H32O. The molecule has 0 rings (SSSR count). The first-order valence-corrected chi connectivity index (χ1v) is 7.87. The number of hydrogen-bond donors (Lipinski definition) is 0. The van der Waals surface area contributed by atoms with Crippen LogP contribution in [0.25, 0.3) is 0 Å². The molecule has 106 valence electrons. The number of aldehydes is 1. The normalized spacial score (nSPS) is 11.5. The Hall–Kier alpha value is -0.590. The van der Waals surface area contributed by atoms with Crippen LogP contribution in [0.4, 0.5) is 0 Å². The van der Waals surface area contributed by atoms with Crippen LogP contribution in [0.1, 0.15) is 84.5 Å². The molecule has 0 saturated carbocycles. The van der Waals surface area contributed by atoms with Gasteiger partial charge >= 0.3 is 0 Å². The first-order chi connectivity index (χ1) is 8.77. The minimum atomic E-state index is 0.860. The molecule has 0 unspecified atom stereocenters. The largest absolute Gasteiger partial charge is 0.299 e. The number of hydrogen-bond acceptors (Lipinski definition) is 1. The average Bonchev–Trinajstić information content (AvgIpc) is 2.34. The van der Waals surface area contributed by atoms with Gasteiger partial charge in [-0.3, -0.25) is 4.79 Å². The Morgan fingerprint density at radius 2 is 1.28 bits per heavy atom. The summed E-state index contributed by atoms with van der Waals surface area (Å²) in [5, 5.41) is 0. The van der Waals surface area contributed by atoms with Crippen LogP contribution in [-0.4, -0.2) is 6.29 Å². The maximum atomic E-state index is 10.0. The first-order valence-electron chi connectivity index (χ1n) is 7.87. The average molecular weight is 252 g/mol. The van der Waals surface area contributed by atoms with Crippen molar-refractivity contribution in [2.45, 2.75) is 84.5 Å². The molecule has 0 aliphatic rings. The van der Waals surface area contributed by atoms with Crippen molar-refractivity contribution in [2.75, 3.05) is 0 Å². The van der Waals surface area contributed by atoms with Crippen molar-refractivity contribution < 1.29 is 4.79 Å². The zero-order valence-electron chi connectivity index (χ0n) is 12.5. The third-order valence-electron chi connectivity index (χ3n) is 3.37. The molecular weight excluding hydrogens is 220 g/mol. The van der Waals surface area contributed by atoms with E-state index in [1.165, 1.54) is 64.2 Å². The van der Waals surface area contributed by atoms with Gasteiger partial charge in [-0.25, -0.2) is 0 Å². The molecule has 1 heteroatoms. The van der Waals surface area contributed by atoms with Gasteiger partial charge in [0.25, 0.3) is 0 Å². The van der Waals surface area contributed by atoms with Gasteiger partial charge in [0.15, 0.2) is 0 Å². The standard InChI is InChI=1S/C17H32O/c1-17(2)15-13-11-9-7-5-3-4-6-8-10-12-14-16-18/h12,14,16-17H,3-11,13,15H2,1-2H3/b14-12+. The molecule has 0 bridgehead atoms. The van der Waals surface area contributed by atoms with Crippen LogP contribution >= 0.6 is 0 Å². The molecule has 0 aromatic carbocycles. The SMILES string of the molecule is CC(C)CCCCCCCCCCC/C=C/C=O. The molecule has 0 aliphatic heterocycles. The predicted molar refractivity (Wildman–Crippen MR) is 80.8 cm³/mol. The number of carbonyl (C=O) groups excluding carboxylic acids is 1. The number of rotatable bonds is 13. The highest BCUT2D eigenvalue weighted by Crippen LogP contribution is 2.13. The van der Waals surface area contributed by atoms with Crippen molar-refractivity contribution in [3.8, 4) is 0 Å². The van der Waals surface area contributed by atoms with Crippen molar-refractivity contribution in [3.63, 3.8) is 0 Å². The Balaban J connectivity index is 2.98. The summed E-state index contributed by atoms with van der Waals surface area (Å²) >= 11 is 0. The zero-order valence-corrected chi connectivity index (χ0v) is 12.5. The molecule has 0 spiro atoms. The van der Waals surface area contributed by atoms with E-state index >= 15 is 0 Å². The van der Waals surface area contributed by atoms with Crippen LogP contribution in [0, 0.1) is 5.92 Å². The summed E-state index contributed by atoms with van der Waals surface area (Å²) in [4.78, 5) is 10.0. The fourth-order valence-electron chi connectivity index (χ4n) is 2.20. The third kappa shape index (κ3) is 15.4. The lowest BCUT2D eigenvalue weighted by Crippen LogP contribution is -1.87. The Morgan fingerprint density at radius 3 is 1.78 bits per heavy atom. The van der Waals surface area contributed by atoms with Crippen molar-refractivity contribution in [1.29, 1.82) is 0 Å². The van der Waals surface area contributed by atoms with Gasteiger partial charge in [-0.1, -0.05) is 77.7 Å². The number of allylic oxidation sites excluding steroid dienone is 2. The van der Waals surface area contributed by atoms with Crippen molar-refractivity contribution in [1.82, 2.24) is 0 Å². The van der Waals surface area contributed by atoms with Gasteiger partial charge in [0.05, 0.1) is 0 Å². The van der Waals surface area contributed by atoms with Crippen LogP contribution in [-0.2, 0) is 4.79 Å². The van der Waals surface area contributed by atoms with Crippen LogP contribution in [0.3, 0.4) is 0 Å². The maximum Gasteiger partial charge on any atom is 0.142 e. The Morgan fingerprint density at radius 1 is 0.778 bits per heavy atom. The first kappa shape index (κ1) is 17.4. The third-order valence-corrected chi connectivity index (χ3v) is 3.37. The topological polar surface area (TPSA) is 17.1 Å². The van der Waals surface area contributed by atoms with E-state index in [4.69, 9.17) is 0 Å². The molecule has 1 nitrogen and oxygen atoms in total. The second-order valence-corrected chi connectivity index (χ2v) is 5.72. The van der Waals surface area contributed by atoms with Crippen LogP contribution < -0.4 is 0 Å². The van der Waals surface area contributed by atoms with Gasteiger partial charge in [-0.05, 0) is 24.8 Å². The predicted octanol–water partition coefficient (Wildman–Crippen LogP) is 5.69. The molecule has 0 aromatic heterocycles.